The molecule has 0 unspecified atom stereocenters. The lowest BCUT2D eigenvalue weighted by molar-refractivity contribution is -0.121. The minimum atomic E-state index is -0.387. The zero-order valence-electron chi connectivity index (χ0n) is 14.0. The molecule has 3 rings (SSSR count). The second-order valence-electron chi connectivity index (χ2n) is 6.11. The standard InChI is InChI=1S/C18H15Cl4N3O2/c19-12-13(20)15(24-16(22)14(12)21)18(27)25-8-6-10(7-9-25)17(26)23-11-4-2-1-3-5-11/h1-5,10H,6-9H2,(H,23,26). The first-order chi connectivity index (χ1) is 12.9. The fraction of sp³-hybridized carbons (Fsp3) is 0.278. The number of carbonyl (C=O) groups is 2. The Bertz CT molecular complexity index is 869. The van der Waals surface area contributed by atoms with Crippen molar-refractivity contribution >= 4 is 63.9 Å². The van der Waals surface area contributed by atoms with Gasteiger partial charge in [-0.25, -0.2) is 4.98 Å². The molecule has 0 radical (unpaired) electrons. The molecule has 5 nitrogen and oxygen atoms in total. The van der Waals surface area contributed by atoms with Crippen molar-refractivity contribution in [3.63, 3.8) is 0 Å². The highest BCUT2D eigenvalue weighted by Gasteiger charge is 2.30. The van der Waals surface area contributed by atoms with Crippen molar-refractivity contribution in [2.75, 3.05) is 18.4 Å². The van der Waals surface area contributed by atoms with Crippen LogP contribution in [-0.2, 0) is 4.79 Å². The normalized spacial score (nSPS) is 14.9. The summed E-state index contributed by atoms with van der Waals surface area (Å²) in [5.41, 5.74) is 0.714. The minimum absolute atomic E-state index is 0.00110. The fourth-order valence-corrected chi connectivity index (χ4v) is 3.70. The smallest absolute Gasteiger partial charge is 0.274 e. The van der Waals surface area contributed by atoms with Crippen LogP contribution in [0.4, 0.5) is 5.69 Å². The summed E-state index contributed by atoms with van der Waals surface area (Å²) in [7, 11) is 0. The Morgan fingerprint density at radius 3 is 2.22 bits per heavy atom. The predicted molar refractivity (Wildman–Crippen MR) is 108 cm³/mol. The van der Waals surface area contributed by atoms with Gasteiger partial charge in [-0.1, -0.05) is 64.6 Å². The van der Waals surface area contributed by atoms with Gasteiger partial charge < -0.3 is 10.2 Å². The summed E-state index contributed by atoms with van der Waals surface area (Å²) >= 11 is 23.9. The Morgan fingerprint density at radius 2 is 1.59 bits per heavy atom. The van der Waals surface area contributed by atoms with E-state index in [0.717, 1.165) is 5.69 Å². The Labute approximate surface area is 176 Å². The summed E-state index contributed by atoms with van der Waals surface area (Å²) < 4.78 is 0. The van der Waals surface area contributed by atoms with Crippen LogP contribution in [0.3, 0.4) is 0 Å². The van der Waals surface area contributed by atoms with Gasteiger partial charge in [0.25, 0.3) is 5.91 Å². The molecule has 0 atom stereocenters. The molecule has 2 aromatic rings. The molecular weight excluding hydrogens is 432 g/mol. The molecule has 142 valence electrons. The van der Waals surface area contributed by atoms with E-state index < -0.39 is 0 Å². The molecule has 0 spiro atoms. The number of nitrogens with zero attached hydrogens (tertiary/aromatic N) is 2. The molecule has 0 saturated carbocycles. The van der Waals surface area contributed by atoms with Crippen molar-refractivity contribution < 1.29 is 9.59 Å². The van der Waals surface area contributed by atoms with E-state index in [2.05, 4.69) is 10.3 Å². The minimum Gasteiger partial charge on any atom is -0.337 e. The van der Waals surface area contributed by atoms with Crippen LogP contribution in [0, 0.1) is 5.92 Å². The van der Waals surface area contributed by atoms with Gasteiger partial charge in [-0.2, -0.15) is 0 Å². The lowest BCUT2D eigenvalue weighted by Gasteiger charge is -2.31. The third kappa shape index (κ3) is 4.49. The van der Waals surface area contributed by atoms with Crippen molar-refractivity contribution in [2.24, 2.45) is 5.92 Å². The third-order valence-electron chi connectivity index (χ3n) is 4.38. The Kier molecular flexibility index (Phi) is 6.48. The molecule has 9 heteroatoms. The van der Waals surface area contributed by atoms with Crippen LogP contribution in [-0.4, -0.2) is 34.8 Å². The number of pyridine rings is 1. The lowest BCUT2D eigenvalue weighted by atomic mass is 9.95. The van der Waals surface area contributed by atoms with Crippen LogP contribution in [0.5, 0.6) is 0 Å². The second kappa shape index (κ2) is 8.65. The number of hydrogen-bond acceptors (Lipinski definition) is 3. The van der Waals surface area contributed by atoms with Gasteiger partial charge >= 0.3 is 0 Å². The summed E-state index contributed by atoms with van der Waals surface area (Å²) in [6.07, 6.45) is 1.08. The maximum absolute atomic E-state index is 12.7. The number of piperidine rings is 1. The molecule has 2 amide bonds. The van der Waals surface area contributed by atoms with E-state index in [1.807, 2.05) is 30.3 Å². The summed E-state index contributed by atoms with van der Waals surface area (Å²) in [4.78, 5) is 30.7. The summed E-state index contributed by atoms with van der Waals surface area (Å²) in [5.74, 6) is -0.612. The van der Waals surface area contributed by atoms with E-state index in [4.69, 9.17) is 46.4 Å². The monoisotopic (exact) mass is 445 g/mol. The number of aromatic nitrogens is 1. The van der Waals surface area contributed by atoms with E-state index in [0.29, 0.717) is 25.9 Å². The van der Waals surface area contributed by atoms with Crippen LogP contribution >= 0.6 is 46.4 Å². The molecule has 1 aliphatic rings. The first-order valence-corrected chi connectivity index (χ1v) is 9.75. The molecular formula is C18H15Cl4N3O2. The third-order valence-corrected chi connectivity index (χ3v) is 6.06. The maximum atomic E-state index is 12.7. The second-order valence-corrected chi connectivity index (χ2v) is 7.61. The average Bonchev–Trinajstić information content (AvgIpc) is 2.69. The number of anilines is 1. The molecule has 27 heavy (non-hydrogen) atoms. The van der Waals surface area contributed by atoms with Gasteiger partial charge in [0.05, 0.1) is 15.1 Å². The van der Waals surface area contributed by atoms with E-state index in [-0.39, 0.29) is 43.6 Å². The number of nitrogens with one attached hydrogen (secondary N) is 1. The Morgan fingerprint density at radius 1 is 0.963 bits per heavy atom. The van der Waals surface area contributed by atoms with Crippen molar-refractivity contribution in [1.82, 2.24) is 9.88 Å². The van der Waals surface area contributed by atoms with E-state index >= 15 is 0 Å². The predicted octanol–water partition coefficient (Wildman–Crippen LogP) is 5.19. The average molecular weight is 447 g/mol. The van der Waals surface area contributed by atoms with Gasteiger partial charge in [0.1, 0.15) is 10.8 Å². The number of amides is 2. The molecule has 1 aromatic carbocycles. The fourth-order valence-electron chi connectivity index (χ4n) is 2.89. The maximum Gasteiger partial charge on any atom is 0.274 e. The highest BCUT2D eigenvalue weighted by atomic mass is 35.5. The van der Waals surface area contributed by atoms with Gasteiger partial charge in [-0.05, 0) is 25.0 Å². The molecule has 2 heterocycles. The Balaban J connectivity index is 1.64. The molecule has 1 saturated heterocycles. The number of halogens is 4. The van der Waals surface area contributed by atoms with E-state index in [1.54, 1.807) is 4.90 Å². The van der Waals surface area contributed by atoms with E-state index in [1.165, 1.54) is 0 Å². The van der Waals surface area contributed by atoms with Crippen molar-refractivity contribution in [3.05, 3.63) is 56.2 Å². The van der Waals surface area contributed by atoms with Crippen LogP contribution in [0.1, 0.15) is 23.3 Å². The molecule has 1 fully saturated rings. The number of benzene rings is 1. The number of rotatable bonds is 3. The highest BCUT2D eigenvalue weighted by molar-refractivity contribution is 6.52. The Hall–Kier alpha value is -1.53. The van der Waals surface area contributed by atoms with Crippen molar-refractivity contribution in [2.45, 2.75) is 12.8 Å². The first kappa shape index (κ1) is 20.2. The van der Waals surface area contributed by atoms with Gasteiger partial charge in [0.2, 0.25) is 5.91 Å². The van der Waals surface area contributed by atoms with Crippen LogP contribution in [0.2, 0.25) is 20.2 Å². The van der Waals surface area contributed by atoms with Crippen molar-refractivity contribution in [1.29, 1.82) is 0 Å². The molecule has 1 N–H and O–H groups in total. The van der Waals surface area contributed by atoms with Gasteiger partial charge in [-0.15, -0.1) is 0 Å². The lowest BCUT2D eigenvalue weighted by Crippen LogP contribution is -2.41. The van der Waals surface area contributed by atoms with E-state index in [9.17, 15) is 9.59 Å². The molecule has 0 aliphatic carbocycles. The number of para-hydroxylation sites is 1. The SMILES string of the molecule is O=C(Nc1ccccc1)C1CCN(C(=O)c2nc(Cl)c(Cl)c(Cl)c2Cl)CC1. The van der Waals surface area contributed by atoms with Gasteiger partial charge in [0, 0.05) is 24.7 Å². The zero-order valence-corrected chi connectivity index (χ0v) is 17.0. The van der Waals surface area contributed by atoms with Crippen LogP contribution in [0.25, 0.3) is 0 Å². The summed E-state index contributed by atoms with van der Waals surface area (Å²) in [6.45, 7) is 0.809. The molecule has 1 aromatic heterocycles. The number of hydrogen-bond donors (Lipinski definition) is 1. The number of likely N-dealkylation sites (tertiary alicyclic amines) is 1. The van der Waals surface area contributed by atoms with Crippen LogP contribution in [0.15, 0.2) is 30.3 Å². The van der Waals surface area contributed by atoms with Gasteiger partial charge in [0.15, 0.2) is 0 Å². The number of carbonyl (C=O) groups excluding carboxylic acids is 2. The largest absolute Gasteiger partial charge is 0.337 e. The molecule has 0 bridgehead atoms. The quantitative estimate of drug-likeness (QED) is 0.660. The van der Waals surface area contributed by atoms with Crippen LogP contribution < -0.4 is 5.32 Å². The molecule has 1 aliphatic heterocycles. The topological polar surface area (TPSA) is 62.3 Å². The summed E-state index contributed by atoms with van der Waals surface area (Å²) in [6, 6.07) is 9.26. The van der Waals surface area contributed by atoms with Gasteiger partial charge in [-0.3, -0.25) is 9.59 Å². The first-order valence-electron chi connectivity index (χ1n) is 8.23. The zero-order chi connectivity index (χ0) is 19.6. The van der Waals surface area contributed by atoms with Crippen molar-refractivity contribution in [3.8, 4) is 0 Å². The highest BCUT2D eigenvalue weighted by Crippen LogP contribution is 2.36. The summed E-state index contributed by atoms with van der Waals surface area (Å²) in [5, 5.41) is 2.80.